The molecule has 120 valence electrons. The molecular weight excluding hydrogens is 360 g/mol. The van der Waals surface area contributed by atoms with E-state index >= 15 is 0 Å². The van der Waals surface area contributed by atoms with E-state index in [-0.39, 0.29) is 15.7 Å². The lowest BCUT2D eigenvalue weighted by atomic mass is 10.1. The first-order valence-electron chi connectivity index (χ1n) is 5.26. The monoisotopic (exact) mass is 365 g/mol. The number of fused-ring (bicyclic) bond motifs is 1. The van der Waals surface area contributed by atoms with Gasteiger partial charge in [-0.25, -0.2) is 16.8 Å². The molecule has 2 rings (SSSR count). The van der Waals surface area contributed by atoms with Gasteiger partial charge >= 0.3 is 0 Å². The molecule has 0 aliphatic heterocycles. The van der Waals surface area contributed by atoms with Gasteiger partial charge in [0.15, 0.2) is 0 Å². The molecule has 2 aromatic carbocycles. The zero-order chi connectivity index (χ0) is 16.5. The van der Waals surface area contributed by atoms with Gasteiger partial charge in [-0.15, -0.1) is 0 Å². The minimum atomic E-state index is -5.01. The number of hydrogen-bond donors (Lipinski definition) is 0. The van der Waals surface area contributed by atoms with Crippen molar-refractivity contribution in [1.29, 1.82) is 0 Å². The first kappa shape index (κ1) is 17.1. The van der Waals surface area contributed by atoms with Gasteiger partial charge in [-0.05, 0) is 35.0 Å². The highest BCUT2D eigenvalue weighted by atomic mass is 32.2. The maximum atomic E-state index is 11.2. The SMILES string of the molecule is O=S(=O)([O-])c1cc(S(=O)(=O)[O-])c2ccc(SOO[O-])cc2c1. The van der Waals surface area contributed by atoms with Gasteiger partial charge in [0.2, 0.25) is 0 Å². The van der Waals surface area contributed by atoms with Crippen molar-refractivity contribution in [2.24, 2.45) is 0 Å². The second-order valence-electron chi connectivity index (χ2n) is 3.93. The first-order chi connectivity index (χ1) is 10.1. The van der Waals surface area contributed by atoms with E-state index < -0.39 is 30.0 Å². The van der Waals surface area contributed by atoms with Crippen LogP contribution in [0.25, 0.3) is 10.8 Å². The Bertz CT molecular complexity index is 918. The van der Waals surface area contributed by atoms with E-state index in [2.05, 4.69) is 9.37 Å². The Morgan fingerprint density at radius 3 is 2.18 bits per heavy atom. The van der Waals surface area contributed by atoms with Crippen LogP contribution in [0.1, 0.15) is 0 Å². The summed E-state index contributed by atoms with van der Waals surface area (Å²) in [5.74, 6) is 0. The Hall–Kier alpha value is -1.25. The minimum absolute atomic E-state index is 0.00847. The molecule has 0 aliphatic carbocycles. The summed E-state index contributed by atoms with van der Waals surface area (Å²) in [7, 11) is -9.98. The molecule has 0 spiro atoms. The van der Waals surface area contributed by atoms with Crippen molar-refractivity contribution < 1.29 is 40.6 Å². The standard InChI is InChI=1S/C10H8O9S3/c11-18-19-20-7-1-2-9-6(3-7)4-8(21(12,13)14)5-10(9)22(15,16)17/h1-5,11H,(H,12,13,14)(H,15,16,17)/p-3. The van der Waals surface area contributed by atoms with E-state index in [0.717, 1.165) is 6.07 Å². The Kier molecular flexibility index (Phi) is 4.74. The van der Waals surface area contributed by atoms with Gasteiger partial charge in [-0.2, -0.15) is 4.33 Å². The van der Waals surface area contributed by atoms with Crippen molar-refractivity contribution in [1.82, 2.24) is 0 Å². The van der Waals surface area contributed by atoms with Gasteiger partial charge in [0.25, 0.3) is 0 Å². The highest BCUT2D eigenvalue weighted by Gasteiger charge is 2.13. The lowest BCUT2D eigenvalue weighted by Gasteiger charge is -2.15. The predicted octanol–water partition coefficient (Wildman–Crippen LogP) is -0.121. The van der Waals surface area contributed by atoms with E-state index in [1.165, 1.54) is 18.2 Å². The molecule has 0 saturated carbocycles. The van der Waals surface area contributed by atoms with E-state index in [9.17, 15) is 31.2 Å². The summed E-state index contributed by atoms with van der Waals surface area (Å²) in [5, 5.41) is 12.8. The molecule has 2 aromatic rings. The molecule has 0 aliphatic rings. The molecule has 0 heterocycles. The van der Waals surface area contributed by atoms with Crippen LogP contribution in [0.3, 0.4) is 0 Å². The first-order valence-corrected chi connectivity index (χ1v) is 8.81. The molecule has 0 bridgehead atoms. The van der Waals surface area contributed by atoms with Crippen molar-refractivity contribution in [2.45, 2.75) is 14.7 Å². The van der Waals surface area contributed by atoms with Crippen LogP contribution in [0.15, 0.2) is 45.0 Å². The second kappa shape index (κ2) is 6.10. The van der Waals surface area contributed by atoms with Crippen LogP contribution in [-0.2, 0) is 29.6 Å². The zero-order valence-electron chi connectivity index (χ0n) is 10.3. The van der Waals surface area contributed by atoms with Gasteiger partial charge in [0.05, 0.1) is 21.8 Å². The third-order valence-electron chi connectivity index (χ3n) is 2.58. The average Bonchev–Trinajstić information content (AvgIpc) is 2.41. The van der Waals surface area contributed by atoms with Gasteiger partial charge in [-0.3, -0.25) is 5.04 Å². The smallest absolute Gasteiger partial charge is 0.125 e. The predicted molar refractivity (Wildman–Crippen MR) is 67.9 cm³/mol. The Morgan fingerprint density at radius 1 is 0.955 bits per heavy atom. The van der Waals surface area contributed by atoms with Gasteiger partial charge < -0.3 is 14.4 Å². The molecule has 0 amide bonds. The van der Waals surface area contributed by atoms with Crippen LogP contribution in [0.4, 0.5) is 0 Å². The van der Waals surface area contributed by atoms with Crippen molar-refractivity contribution in [3.8, 4) is 0 Å². The molecule has 0 N–H and O–H groups in total. The molecule has 0 radical (unpaired) electrons. The fourth-order valence-electron chi connectivity index (χ4n) is 1.74. The van der Waals surface area contributed by atoms with Crippen LogP contribution in [-0.4, -0.2) is 25.9 Å². The summed E-state index contributed by atoms with van der Waals surface area (Å²) >= 11 is 0.472. The maximum Gasteiger partial charge on any atom is 0.125 e. The van der Waals surface area contributed by atoms with Crippen molar-refractivity contribution >= 4 is 43.1 Å². The molecule has 22 heavy (non-hydrogen) atoms. The number of hydrogen-bond acceptors (Lipinski definition) is 10. The number of benzene rings is 2. The van der Waals surface area contributed by atoms with Crippen molar-refractivity contribution in [3.05, 3.63) is 30.3 Å². The highest BCUT2D eigenvalue weighted by molar-refractivity contribution is 7.94. The van der Waals surface area contributed by atoms with Crippen molar-refractivity contribution in [2.75, 3.05) is 0 Å². The molecule has 0 aromatic heterocycles. The van der Waals surface area contributed by atoms with Gasteiger partial charge in [-0.1, -0.05) is 6.07 Å². The third-order valence-corrected chi connectivity index (χ3v) is 4.84. The molecule has 9 nitrogen and oxygen atoms in total. The third kappa shape index (κ3) is 3.74. The summed E-state index contributed by atoms with van der Waals surface area (Å²) in [6, 6.07) is 5.16. The van der Waals surface area contributed by atoms with Crippen LogP contribution < -0.4 is 5.26 Å². The summed E-state index contributed by atoms with van der Waals surface area (Å²) in [6.45, 7) is 0. The van der Waals surface area contributed by atoms with Crippen LogP contribution in [0.2, 0.25) is 0 Å². The average molecular weight is 365 g/mol. The van der Waals surface area contributed by atoms with Crippen molar-refractivity contribution in [3.63, 3.8) is 0 Å². The fourth-order valence-corrected chi connectivity index (χ4v) is 3.48. The lowest BCUT2D eigenvalue weighted by Crippen LogP contribution is -2.05. The van der Waals surface area contributed by atoms with E-state index in [4.69, 9.17) is 0 Å². The van der Waals surface area contributed by atoms with Crippen LogP contribution in [0.5, 0.6) is 0 Å². The van der Waals surface area contributed by atoms with Gasteiger partial charge in [0.1, 0.15) is 20.2 Å². The second-order valence-corrected chi connectivity index (χ2v) is 7.43. The summed E-state index contributed by atoms with van der Waals surface area (Å²) in [5.41, 5.74) is 0. The van der Waals surface area contributed by atoms with Crippen LogP contribution in [0, 0.1) is 0 Å². The largest absolute Gasteiger partial charge is 0.744 e. The lowest BCUT2D eigenvalue weighted by molar-refractivity contribution is -0.777. The molecule has 0 atom stereocenters. The van der Waals surface area contributed by atoms with E-state index in [0.29, 0.717) is 18.1 Å². The zero-order valence-corrected chi connectivity index (χ0v) is 12.7. The molecule has 0 saturated heterocycles. The summed E-state index contributed by atoms with van der Waals surface area (Å²) in [6.07, 6.45) is 0. The van der Waals surface area contributed by atoms with E-state index in [1.807, 2.05) is 0 Å². The minimum Gasteiger partial charge on any atom is -0.744 e. The fraction of sp³-hybridized carbons (Fsp3) is 0. The maximum absolute atomic E-state index is 11.2. The normalized spacial score (nSPS) is 12.7. The molecular formula is C10H5O9S3-3. The summed E-state index contributed by atoms with van der Waals surface area (Å²) in [4.78, 5) is -1.45. The Morgan fingerprint density at radius 2 is 1.64 bits per heavy atom. The highest BCUT2D eigenvalue weighted by Crippen LogP contribution is 2.30. The summed E-state index contributed by atoms with van der Waals surface area (Å²) < 4.78 is 71.0. The number of rotatable bonds is 5. The Labute approximate surface area is 129 Å². The van der Waals surface area contributed by atoms with E-state index in [1.54, 1.807) is 0 Å². The van der Waals surface area contributed by atoms with Gasteiger partial charge in [0, 0.05) is 4.90 Å². The quantitative estimate of drug-likeness (QED) is 0.303. The van der Waals surface area contributed by atoms with Crippen LogP contribution >= 0.6 is 12.0 Å². The molecule has 0 fully saturated rings. The topological polar surface area (TPSA) is 156 Å². The molecule has 0 unspecified atom stereocenters. The Balaban J connectivity index is 2.77. The molecule has 12 heteroatoms.